The third kappa shape index (κ3) is 7.42. The molecule has 0 aliphatic carbocycles. The van der Waals surface area contributed by atoms with Crippen molar-refractivity contribution in [2.24, 2.45) is 0 Å². The van der Waals surface area contributed by atoms with Crippen LogP contribution in [0, 0.1) is 25.5 Å². The molecule has 11 heteroatoms. The lowest BCUT2D eigenvalue weighted by Gasteiger charge is -2.28. The normalized spacial score (nSPS) is 11.1. The Morgan fingerprint density at radius 3 is 2.19 bits per heavy atom. The van der Waals surface area contributed by atoms with E-state index in [2.05, 4.69) is 10.6 Å². The molecule has 0 bridgehead atoms. The largest absolute Gasteiger partial charge is 0.493 e. The molecule has 0 saturated heterocycles. The summed E-state index contributed by atoms with van der Waals surface area (Å²) in [5, 5.41) is 5.42. The summed E-state index contributed by atoms with van der Waals surface area (Å²) in [6, 6.07) is 19.5. The molecule has 0 aliphatic rings. The molecule has 0 unspecified atom stereocenters. The second kappa shape index (κ2) is 13.6. The van der Waals surface area contributed by atoms with Crippen molar-refractivity contribution in [3.05, 3.63) is 113 Å². The Hall–Kier alpha value is -4.64. The van der Waals surface area contributed by atoms with E-state index in [0.29, 0.717) is 17.0 Å². The second-order valence-electron chi connectivity index (χ2n) is 9.85. The van der Waals surface area contributed by atoms with Gasteiger partial charge in [0.1, 0.15) is 11.6 Å². The zero-order valence-electron chi connectivity index (χ0n) is 24.3. The van der Waals surface area contributed by atoms with E-state index < -0.39 is 27.7 Å². The summed E-state index contributed by atoms with van der Waals surface area (Å²) < 4.78 is 69.4. The van der Waals surface area contributed by atoms with E-state index in [1.807, 2.05) is 13.0 Å². The molecule has 43 heavy (non-hydrogen) atoms. The molecule has 2 N–H and O–H groups in total. The van der Waals surface area contributed by atoms with Gasteiger partial charge in [-0.2, -0.15) is 0 Å². The molecule has 0 fully saturated rings. The molecule has 0 heterocycles. The number of aryl methyl sites for hydroxylation is 2. The van der Waals surface area contributed by atoms with Crippen LogP contribution in [-0.2, 0) is 16.4 Å². The number of ether oxygens (including phenoxy) is 2. The maximum absolute atomic E-state index is 14.7. The summed E-state index contributed by atoms with van der Waals surface area (Å²) >= 11 is 0. The monoisotopic (exact) mass is 609 g/mol. The van der Waals surface area contributed by atoms with E-state index >= 15 is 0 Å². The van der Waals surface area contributed by atoms with Gasteiger partial charge in [-0.15, -0.1) is 0 Å². The Kier molecular flexibility index (Phi) is 9.87. The number of hydrogen-bond acceptors (Lipinski definition) is 5. The molecule has 0 aliphatic heterocycles. The quantitative estimate of drug-likeness (QED) is 0.211. The number of halogens is 2. The second-order valence-corrected chi connectivity index (χ2v) is 11.7. The van der Waals surface area contributed by atoms with Gasteiger partial charge < -0.3 is 20.1 Å². The SMILES string of the molecule is COc1ccc(S(=O)(=O)N(CCNC(=O)Nc2cccc(C)c2)c2ccc(C)cc2Cc2c(F)cccc2F)cc1OC. The number of sulfonamides is 1. The number of amides is 2. The Bertz CT molecular complexity index is 1710. The molecule has 0 aromatic heterocycles. The van der Waals surface area contributed by atoms with Crippen molar-refractivity contribution in [1.29, 1.82) is 0 Å². The van der Waals surface area contributed by atoms with Crippen molar-refractivity contribution in [3.63, 3.8) is 0 Å². The van der Waals surface area contributed by atoms with Crippen LogP contribution >= 0.6 is 0 Å². The highest BCUT2D eigenvalue weighted by atomic mass is 32.2. The van der Waals surface area contributed by atoms with Gasteiger partial charge in [-0.3, -0.25) is 4.31 Å². The summed E-state index contributed by atoms with van der Waals surface area (Å²) in [4.78, 5) is 12.5. The van der Waals surface area contributed by atoms with Crippen molar-refractivity contribution in [2.45, 2.75) is 25.2 Å². The molecule has 0 spiro atoms. The lowest BCUT2D eigenvalue weighted by Crippen LogP contribution is -2.40. The summed E-state index contributed by atoms with van der Waals surface area (Å²) in [7, 11) is -1.45. The number of benzene rings is 4. The highest BCUT2D eigenvalue weighted by molar-refractivity contribution is 7.92. The fourth-order valence-electron chi connectivity index (χ4n) is 4.63. The average molecular weight is 610 g/mol. The van der Waals surface area contributed by atoms with Gasteiger partial charge in [-0.25, -0.2) is 22.0 Å². The molecule has 4 rings (SSSR count). The molecule has 0 atom stereocenters. The molecule has 8 nitrogen and oxygen atoms in total. The first kappa shape index (κ1) is 31.3. The van der Waals surface area contributed by atoms with E-state index in [9.17, 15) is 22.0 Å². The van der Waals surface area contributed by atoms with Gasteiger partial charge in [-0.1, -0.05) is 35.9 Å². The highest BCUT2D eigenvalue weighted by Crippen LogP contribution is 2.34. The molecule has 0 radical (unpaired) electrons. The first-order chi connectivity index (χ1) is 20.5. The Labute approximate surface area is 250 Å². The standard InChI is InChI=1S/C32H33F2N3O5S/c1-21-7-5-8-24(18-21)36-32(38)35-15-16-37(43(39,40)25-12-14-30(41-3)31(20-25)42-4)29-13-11-22(2)17-23(29)19-26-27(33)9-6-10-28(26)34/h5-14,17-18,20H,15-16,19H2,1-4H3,(H2,35,36,38). The number of methoxy groups -OCH3 is 2. The molecule has 0 saturated carbocycles. The zero-order valence-corrected chi connectivity index (χ0v) is 25.1. The van der Waals surface area contributed by atoms with Crippen molar-refractivity contribution >= 4 is 27.4 Å². The molecule has 4 aromatic rings. The maximum Gasteiger partial charge on any atom is 0.319 e. The van der Waals surface area contributed by atoms with Gasteiger partial charge in [0.2, 0.25) is 0 Å². The van der Waals surface area contributed by atoms with Crippen LogP contribution in [0.5, 0.6) is 11.5 Å². The van der Waals surface area contributed by atoms with Crippen LogP contribution in [0.4, 0.5) is 25.0 Å². The Balaban J connectivity index is 1.72. The van der Waals surface area contributed by atoms with Crippen LogP contribution in [0.1, 0.15) is 22.3 Å². The minimum atomic E-state index is -4.28. The maximum atomic E-state index is 14.7. The van der Waals surface area contributed by atoms with Gasteiger partial charge in [0, 0.05) is 30.3 Å². The highest BCUT2D eigenvalue weighted by Gasteiger charge is 2.28. The van der Waals surface area contributed by atoms with Crippen LogP contribution in [0.25, 0.3) is 0 Å². The van der Waals surface area contributed by atoms with Gasteiger partial charge >= 0.3 is 6.03 Å². The molecule has 4 aromatic carbocycles. The number of hydrogen-bond donors (Lipinski definition) is 2. The summed E-state index contributed by atoms with van der Waals surface area (Å²) in [6.45, 7) is 3.43. The number of carbonyl (C=O) groups is 1. The predicted molar refractivity (Wildman–Crippen MR) is 163 cm³/mol. The van der Waals surface area contributed by atoms with Gasteiger partial charge in [0.25, 0.3) is 10.0 Å². The smallest absolute Gasteiger partial charge is 0.319 e. The number of nitrogens with one attached hydrogen (secondary N) is 2. The minimum Gasteiger partial charge on any atom is -0.493 e. The minimum absolute atomic E-state index is 0.0778. The topological polar surface area (TPSA) is 97.0 Å². The number of anilines is 2. The third-order valence-corrected chi connectivity index (χ3v) is 8.56. The molecular formula is C32H33F2N3O5S. The van der Waals surface area contributed by atoms with Crippen LogP contribution < -0.4 is 24.4 Å². The number of nitrogens with zero attached hydrogens (tertiary/aromatic N) is 1. The molecule has 226 valence electrons. The fourth-order valence-corrected chi connectivity index (χ4v) is 6.15. The van der Waals surface area contributed by atoms with Gasteiger partial charge in [0.15, 0.2) is 11.5 Å². The van der Waals surface area contributed by atoms with E-state index in [-0.39, 0.29) is 41.4 Å². The van der Waals surface area contributed by atoms with E-state index in [0.717, 1.165) is 27.6 Å². The number of urea groups is 1. The lowest BCUT2D eigenvalue weighted by molar-refractivity contribution is 0.252. The first-order valence-electron chi connectivity index (χ1n) is 13.4. The summed E-state index contributed by atoms with van der Waals surface area (Å²) in [5.41, 5.74) is 2.73. The average Bonchev–Trinajstić information content (AvgIpc) is 2.97. The van der Waals surface area contributed by atoms with E-state index in [4.69, 9.17) is 9.47 Å². The van der Waals surface area contributed by atoms with Crippen molar-refractivity contribution < 1.29 is 31.5 Å². The predicted octanol–water partition coefficient (Wildman–Crippen LogP) is 6.21. The summed E-state index contributed by atoms with van der Waals surface area (Å²) in [5.74, 6) is -0.933. The lowest BCUT2D eigenvalue weighted by atomic mass is 10.00. The van der Waals surface area contributed by atoms with Crippen molar-refractivity contribution in [2.75, 3.05) is 36.9 Å². The van der Waals surface area contributed by atoms with Gasteiger partial charge in [0.05, 0.1) is 31.3 Å². The van der Waals surface area contributed by atoms with Crippen LogP contribution in [0.15, 0.2) is 83.8 Å². The summed E-state index contributed by atoms with van der Waals surface area (Å²) in [6.07, 6.45) is -0.200. The first-order valence-corrected chi connectivity index (χ1v) is 14.9. The zero-order chi connectivity index (χ0) is 31.1. The van der Waals surface area contributed by atoms with Gasteiger partial charge in [-0.05, 0) is 67.4 Å². The van der Waals surface area contributed by atoms with E-state index in [1.165, 1.54) is 38.5 Å². The van der Waals surface area contributed by atoms with Crippen LogP contribution in [0.2, 0.25) is 0 Å². The van der Waals surface area contributed by atoms with E-state index in [1.54, 1.807) is 43.3 Å². The Morgan fingerprint density at radius 2 is 1.51 bits per heavy atom. The van der Waals surface area contributed by atoms with Crippen LogP contribution in [0.3, 0.4) is 0 Å². The molecule has 2 amide bonds. The number of rotatable bonds is 11. The number of carbonyl (C=O) groups excluding carboxylic acids is 1. The van der Waals surface area contributed by atoms with Crippen molar-refractivity contribution in [1.82, 2.24) is 5.32 Å². The molecular weight excluding hydrogens is 576 g/mol. The van der Waals surface area contributed by atoms with Crippen LogP contribution in [-0.4, -0.2) is 41.8 Å². The fraction of sp³-hybridized carbons (Fsp3) is 0.219. The third-order valence-electron chi connectivity index (χ3n) is 6.75. The van der Waals surface area contributed by atoms with Crippen molar-refractivity contribution in [3.8, 4) is 11.5 Å². The Morgan fingerprint density at radius 1 is 0.837 bits per heavy atom.